The second-order valence-corrected chi connectivity index (χ2v) is 5.41. The second-order valence-electron chi connectivity index (χ2n) is 5.41. The molecule has 3 nitrogen and oxygen atoms in total. The molecule has 1 saturated heterocycles. The molecule has 1 fully saturated rings. The molecular weight excluding hydrogens is 236 g/mol. The Morgan fingerprint density at radius 2 is 2.21 bits per heavy atom. The SMILES string of the molecule is CCN(C(=O)C1CCCCN1C)c1cccc(C)c1. The van der Waals surface area contributed by atoms with Gasteiger partial charge in [-0.25, -0.2) is 0 Å². The van der Waals surface area contributed by atoms with Gasteiger partial charge in [0.05, 0.1) is 6.04 Å². The maximum absolute atomic E-state index is 12.7. The number of piperidine rings is 1. The zero-order valence-electron chi connectivity index (χ0n) is 12.2. The normalized spacial score (nSPS) is 20.3. The summed E-state index contributed by atoms with van der Waals surface area (Å²) in [6, 6.07) is 8.25. The Kier molecular flexibility index (Phi) is 4.59. The fourth-order valence-corrected chi connectivity index (χ4v) is 2.83. The summed E-state index contributed by atoms with van der Waals surface area (Å²) < 4.78 is 0. The van der Waals surface area contributed by atoms with Gasteiger partial charge in [0.15, 0.2) is 0 Å². The molecule has 3 heteroatoms. The van der Waals surface area contributed by atoms with Crippen molar-refractivity contribution >= 4 is 11.6 Å². The van der Waals surface area contributed by atoms with Crippen molar-refractivity contribution in [3.63, 3.8) is 0 Å². The molecule has 1 atom stereocenters. The van der Waals surface area contributed by atoms with Crippen molar-refractivity contribution in [2.45, 2.75) is 39.2 Å². The highest BCUT2D eigenvalue weighted by Crippen LogP contribution is 2.22. The Hall–Kier alpha value is -1.35. The molecule has 1 aromatic carbocycles. The lowest BCUT2D eigenvalue weighted by Gasteiger charge is -2.35. The van der Waals surface area contributed by atoms with Crippen molar-refractivity contribution in [2.75, 3.05) is 25.0 Å². The minimum Gasteiger partial charge on any atom is -0.311 e. The number of benzene rings is 1. The van der Waals surface area contributed by atoms with E-state index in [2.05, 4.69) is 31.0 Å². The van der Waals surface area contributed by atoms with E-state index < -0.39 is 0 Å². The molecule has 0 aliphatic carbocycles. The van der Waals surface area contributed by atoms with Gasteiger partial charge < -0.3 is 4.90 Å². The smallest absolute Gasteiger partial charge is 0.244 e. The number of likely N-dealkylation sites (N-methyl/N-ethyl adjacent to an activating group) is 2. The first-order valence-corrected chi connectivity index (χ1v) is 7.21. The van der Waals surface area contributed by atoms with Crippen LogP contribution in [0, 0.1) is 6.92 Å². The largest absolute Gasteiger partial charge is 0.311 e. The standard InChI is InChI=1S/C16H24N2O/c1-4-18(14-9-7-8-13(2)12-14)16(19)15-10-5-6-11-17(15)3/h7-9,12,15H,4-6,10-11H2,1-3H3. The van der Waals surface area contributed by atoms with Gasteiger partial charge in [0.25, 0.3) is 0 Å². The van der Waals surface area contributed by atoms with Gasteiger partial charge in [-0.1, -0.05) is 18.6 Å². The van der Waals surface area contributed by atoms with Crippen LogP contribution in [0.2, 0.25) is 0 Å². The van der Waals surface area contributed by atoms with Crippen LogP contribution in [-0.4, -0.2) is 37.0 Å². The molecule has 1 heterocycles. The van der Waals surface area contributed by atoms with E-state index in [1.807, 2.05) is 24.0 Å². The van der Waals surface area contributed by atoms with Crippen LogP contribution in [0.5, 0.6) is 0 Å². The Morgan fingerprint density at radius 3 is 2.84 bits per heavy atom. The lowest BCUT2D eigenvalue weighted by molar-refractivity contribution is -0.124. The zero-order chi connectivity index (χ0) is 13.8. The first-order valence-electron chi connectivity index (χ1n) is 7.21. The van der Waals surface area contributed by atoms with Crippen molar-refractivity contribution in [3.8, 4) is 0 Å². The number of anilines is 1. The third-order valence-corrected chi connectivity index (χ3v) is 3.95. The predicted molar refractivity (Wildman–Crippen MR) is 79.5 cm³/mol. The van der Waals surface area contributed by atoms with Gasteiger partial charge >= 0.3 is 0 Å². The summed E-state index contributed by atoms with van der Waals surface area (Å²) in [6.07, 6.45) is 3.35. The summed E-state index contributed by atoms with van der Waals surface area (Å²) in [5.41, 5.74) is 2.22. The number of rotatable bonds is 3. The number of carbonyl (C=O) groups excluding carboxylic acids is 1. The molecular formula is C16H24N2O. The third-order valence-electron chi connectivity index (χ3n) is 3.95. The summed E-state index contributed by atoms with van der Waals surface area (Å²) in [5.74, 6) is 0.246. The van der Waals surface area contributed by atoms with E-state index in [0.717, 1.165) is 31.6 Å². The lowest BCUT2D eigenvalue weighted by atomic mass is 10.0. The summed E-state index contributed by atoms with van der Waals surface area (Å²) in [5, 5.41) is 0. The van der Waals surface area contributed by atoms with Crippen molar-refractivity contribution in [3.05, 3.63) is 29.8 Å². The van der Waals surface area contributed by atoms with Gasteiger partial charge in [0.1, 0.15) is 0 Å². The van der Waals surface area contributed by atoms with E-state index in [0.29, 0.717) is 0 Å². The number of nitrogens with zero attached hydrogens (tertiary/aromatic N) is 2. The maximum Gasteiger partial charge on any atom is 0.244 e. The minimum absolute atomic E-state index is 0.0502. The first-order chi connectivity index (χ1) is 9.13. The molecule has 1 amide bonds. The molecule has 19 heavy (non-hydrogen) atoms. The Balaban J connectivity index is 2.19. The molecule has 1 aliphatic heterocycles. The number of hydrogen-bond acceptors (Lipinski definition) is 2. The highest BCUT2D eigenvalue weighted by Gasteiger charge is 2.29. The summed E-state index contributed by atoms with van der Waals surface area (Å²) >= 11 is 0. The predicted octanol–water partition coefficient (Wildman–Crippen LogP) is 2.83. The molecule has 0 N–H and O–H groups in total. The van der Waals surface area contributed by atoms with Crippen molar-refractivity contribution < 1.29 is 4.79 Å². The number of amides is 1. The molecule has 2 rings (SSSR count). The van der Waals surface area contributed by atoms with Gasteiger partial charge in [-0.05, 0) is 58.0 Å². The molecule has 1 unspecified atom stereocenters. The van der Waals surface area contributed by atoms with E-state index >= 15 is 0 Å². The molecule has 1 aliphatic rings. The highest BCUT2D eigenvalue weighted by molar-refractivity contribution is 5.97. The quantitative estimate of drug-likeness (QED) is 0.834. The monoisotopic (exact) mass is 260 g/mol. The minimum atomic E-state index is 0.0502. The average Bonchev–Trinajstić information content (AvgIpc) is 2.40. The van der Waals surface area contributed by atoms with E-state index in [1.165, 1.54) is 12.0 Å². The van der Waals surface area contributed by atoms with Gasteiger partial charge in [0.2, 0.25) is 5.91 Å². The molecule has 0 saturated carbocycles. The maximum atomic E-state index is 12.7. The Bertz CT molecular complexity index is 444. The van der Waals surface area contributed by atoms with Gasteiger partial charge in [-0.2, -0.15) is 0 Å². The molecule has 0 radical (unpaired) electrons. The molecule has 104 valence electrons. The Labute approximate surface area is 116 Å². The van der Waals surface area contributed by atoms with E-state index in [1.54, 1.807) is 0 Å². The van der Waals surface area contributed by atoms with E-state index in [9.17, 15) is 4.79 Å². The fourth-order valence-electron chi connectivity index (χ4n) is 2.83. The summed E-state index contributed by atoms with van der Waals surface area (Å²) in [6.45, 7) is 5.87. The van der Waals surface area contributed by atoms with Crippen LogP contribution >= 0.6 is 0 Å². The van der Waals surface area contributed by atoms with Crippen LogP contribution < -0.4 is 4.90 Å². The number of hydrogen-bond donors (Lipinski definition) is 0. The van der Waals surface area contributed by atoms with Crippen molar-refractivity contribution in [1.29, 1.82) is 0 Å². The number of likely N-dealkylation sites (tertiary alicyclic amines) is 1. The first kappa shape index (κ1) is 14.1. The molecule has 1 aromatic rings. The second kappa shape index (κ2) is 6.20. The zero-order valence-corrected chi connectivity index (χ0v) is 12.2. The highest BCUT2D eigenvalue weighted by atomic mass is 16.2. The van der Waals surface area contributed by atoms with Crippen LogP contribution in [0.15, 0.2) is 24.3 Å². The van der Waals surface area contributed by atoms with Crippen LogP contribution in [0.4, 0.5) is 5.69 Å². The van der Waals surface area contributed by atoms with Gasteiger partial charge in [-0.3, -0.25) is 9.69 Å². The fraction of sp³-hybridized carbons (Fsp3) is 0.562. The van der Waals surface area contributed by atoms with E-state index in [4.69, 9.17) is 0 Å². The average molecular weight is 260 g/mol. The van der Waals surface area contributed by atoms with Crippen LogP contribution in [0.25, 0.3) is 0 Å². The number of aryl methyl sites for hydroxylation is 1. The topological polar surface area (TPSA) is 23.6 Å². The van der Waals surface area contributed by atoms with Crippen LogP contribution in [-0.2, 0) is 4.79 Å². The third kappa shape index (κ3) is 3.16. The van der Waals surface area contributed by atoms with Crippen LogP contribution in [0.1, 0.15) is 31.7 Å². The lowest BCUT2D eigenvalue weighted by Crippen LogP contribution is -2.49. The molecule has 0 spiro atoms. The van der Waals surface area contributed by atoms with Crippen LogP contribution in [0.3, 0.4) is 0 Å². The summed E-state index contributed by atoms with van der Waals surface area (Å²) in [7, 11) is 2.06. The number of carbonyl (C=O) groups is 1. The van der Waals surface area contributed by atoms with E-state index in [-0.39, 0.29) is 11.9 Å². The molecule has 0 bridgehead atoms. The van der Waals surface area contributed by atoms with Crippen molar-refractivity contribution in [1.82, 2.24) is 4.90 Å². The summed E-state index contributed by atoms with van der Waals surface area (Å²) in [4.78, 5) is 16.9. The Morgan fingerprint density at radius 1 is 1.42 bits per heavy atom. The van der Waals surface area contributed by atoms with Gasteiger partial charge in [0, 0.05) is 12.2 Å². The van der Waals surface area contributed by atoms with Crippen molar-refractivity contribution in [2.24, 2.45) is 0 Å². The molecule has 0 aromatic heterocycles. The van der Waals surface area contributed by atoms with Gasteiger partial charge in [-0.15, -0.1) is 0 Å².